The third-order valence-corrected chi connectivity index (χ3v) is 6.98. The highest BCUT2D eigenvalue weighted by Gasteiger charge is 2.47. The van der Waals surface area contributed by atoms with Gasteiger partial charge < -0.3 is 30.7 Å². The second-order valence-corrected chi connectivity index (χ2v) is 9.63. The molecule has 0 aromatic heterocycles. The number of carbonyl (C=O) groups excluding carboxylic acids is 1. The molecule has 1 saturated carbocycles. The molecule has 0 radical (unpaired) electrons. The molecule has 1 amide bonds. The van der Waals surface area contributed by atoms with Crippen molar-refractivity contribution >= 4 is 17.7 Å². The second-order valence-electron chi connectivity index (χ2n) is 8.70. The zero-order valence-electron chi connectivity index (χ0n) is 16.4. The molecular weight excluding hydrogens is 368 g/mol. The van der Waals surface area contributed by atoms with E-state index in [0.717, 1.165) is 18.9 Å². The number of hydrogen-bond donors (Lipinski definition) is 5. The van der Waals surface area contributed by atoms with Crippen molar-refractivity contribution in [2.24, 2.45) is 17.8 Å². The van der Waals surface area contributed by atoms with E-state index in [1.165, 1.54) is 31.0 Å². The highest BCUT2D eigenvalue weighted by atomic mass is 32.2. The summed E-state index contributed by atoms with van der Waals surface area (Å²) in [5.41, 5.74) is -0.640. The quantitative estimate of drug-likeness (QED) is 0.410. The molecule has 0 bridgehead atoms. The fourth-order valence-corrected chi connectivity index (χ4v) is 4.95. The van der Waals surface area contributed by atoms with E-state index in [-0.39, 0.29) is 17.9 Å². The van der Waals surface area contributed by atoms with Crippen molar-refractivity contribution in [2.45, 2.75) is 81.5 Å². The Morgan fingerprint density at radius 2 is 1.89 bits per heavy atom. The van der Waals surface area contributed by atoms with Gasteiger partial charge in [-0.15, -0.1) is 11.8 Å². The van der Waals surface area contributed by atoms with Gasteiger partial charge in [0.2, 0.25) is 5.91 Å². The first-order chi connectivity index (χ1) is 12.8. The van der Waals surface area contributed by atoms with Crippen LogP contribution in [0.1, 0.15) is 39.5 Å². The lowest BCUT2D eigenvalue weighted by Gasteiger charge is -2.44. The van der Waals surface area contributed by atoms with Crippen LogP contribution in [0.5, 0.6) is 0 Å². The van der Waals surface area contributed by atoms with E-state index in [4.69, 9.17) is 4.74 Å². The van der Waals surface area contributed by atoms with Gasteiger partial charge >= 0.3 is 0 Å². The zero-order valence-corrected chi connectivity index (χ0v) is 17.2. The Hall–Kier alpha value is -0.380. The average molecular weight is 403 g/mol. The number of nitrogens with one attached hydrogen (secondary N) is 2. The average Bonchev–Trinajstić information content (AvgIpc) is 3.32. The number of aliphatic hydroxyl groups is 3. The molecule has 8 atom stereocenters. The van der Waals surface area contributed by atoms with Gasteiger partial charge in [0.15, 0.2) is 0 Å². The molecule has 7 nitrogen and oxygen atoms in total. The highest BCUT2D eigenvalue weighted by Crippen LogP contribution is 2.37. The van der Waals surface area contributed by atoms with Crippen LogP contribution in [0.3, 0.4) is 0 Å². The van der Waals surface area contributed by atoms with Crippen LogP contribution in [-0.4, -0.2) is 76.0 Å². The van der Waals surface area contributed by atoms with E-state index in [1.54, 1.807) is 6.26 Å². The summed E-state index contributed by atoms with van der Waals surface area (Å²) >= 11 is 1.28. The molecule has 3 fully saturated rings. The second kappa shape index (κ2) is 8.97. The van der Waals surface area contributed by atoms with Crippen LogP contribution in [0, 0.1) is 17.8 Å². The Morgan fingerprint density at radius 3 is 2.48 bits per heavy atom. The van der Waals surface area contributed by atoms with E-state index in [2.05, 4.69) is 10.6 Å². The number of aliphatic hydroxyl groups excluding tert-OH is 3. The van der Waals surface area contributed by atoms with Gasteiger partial charge in [-0.05, 0) is 43.4 Å². The van der Waals surface area contributed by atoms with Crippen LogP contribution in [-0.2, 0) is 9.53 Å². The lowest BCUT2D eigenvalue weighted by Crippen LogP contribution is -2.64. The number of rotatable bonds is 7. The van der Waals surface area contributed by atoms with Crippen molar-refractivity contribution < 1.29 is 24.9 Å². The summed E-state index contributed by atoms with van der Waals surface area (Å²) in [5.74, 6) is 1.33. The first-order valence-corrected chi connectivity index (χ1v) is 11.4. The Morgan fingerprint density at radius 1 is 1.19 bits per heavy atom. The maximum atomic E-state index is 12.8. The fourth-order valence-electron chi connectivity index (χ4n) is 4.27. The van der Waals surface area contributed by atoms with E-state index in [9.17, 15) is 20.1 Å². The summed E-state index contributed by atoms with van der Waals surface area (Å²) in [6.07, 6.45) is 1.99. The van der Waals surface area contributed by atoms with Gasteiger partial charge in [-0.2, -0.15) is 0 Å². The SMILES string of the molecule is CS[C@H]1O[C@H]([C@H](NC(=O)[C@@H]2C[C@@H](CC3CC3)CN2)C(C)C)[C@H](O)[C@H](O)[C@H]1O. The summed E-state index contributed by atoms with van der Waals surface area (Å²) < 4.78 is 5.87. The molecule has 2 saturated heterocycles. The summed E-state index contributed by atoms with van der Waals surface area (Å²) in [5, 5.41) is 37.1. The lowest BCUT2D eigenvalue weighted by molar-refractivity contribution is -0.208. The first-order valence-electron chi connectivity index (χ1n) is 10.1. The Bertz CT molecular complexity index is 516. The predicted molar refractivity (Wildman–Crippen MR) is 104 cm³/mol. The highest BCUT2D eigenvalue weighted by molar-refractivity contribution is 7.99. The third-order valence-electron chi connectivity index (χ3n) is 6.12. The Kier molecular flexibility index (Phi) is 7.08. The van der Waals surface area contributed by atoms with Crippen LogP contribution >= 0.6 is 11.8 Å². The van der Waals surface area contributed by atoms with Gasteiger partial charge in [0.1, 0.15) is 29.9 Å². The molecular formula is C19H34N2O5S. The molecule has 5 N–H and O–H groups in total. The van der Waals surface area contributed by atoms with Crippen molar-refractivity contribution in [3.63, 3.8) is 0 Å². The van der Waals surface area contributed by atoms with Crippen molar-refractivity contribution in [1.82, 2.24) is 10.6 Å². The fraction of sp³-hybridized carbons (Fsp3) is 0.947. The lowest BCUT2D eigenvalue weighted by atomic mass is 9.88. The maximum Gasteiger partial charge on any atom is 0.237 e. The van der Waals surface area contributed by atoms with Crippen LogP contribution in [0.15, 0.2) is 0 Å². The molecule has 3 aliphatic rings. The number of hydrogen-bond acceptors (Lipinski definition) is 7. The topological polar surface area (TPSA) is 111 Å². The van der Waals surface area contributed by atoms with E-state index in [1.807, 2.05) is 13.8 Å². The van der Waals surface area contributed by atoms with E-state index < -0.39 is 35.9 Å². The normalized spacial score (nSPS) is 40.9. The molecule has 0 unspecified atom stereocenters. The van der Waals surface area contributed by atoms with E-state index in [0.29, 0.717) is 5.92 Å². The van der Waals surface area contributed by atoms with Gasteiger partial charge in [0.05, 0.1) is 12.1 Å². The molecule has 0 aromatic rings. The minimum atomic E-state index is -1.30. The first kappa shape index (κ1) is 21.3. The third kappa shape index (κ3) is 4.97. The molecule has 0 aromatic carbocycles. The van der Waals surface area contributed by atoms with Gasteiger partial charge in [-0.3, -0.25) is 4.79 Å². The maximum absolute atomic E-state index is 12.8. The standard InChI is InChI=1S/C19H34N2O5S/c1-9(2)13(17-15(23)14(22)16(24)19(26-17)27-3)21-18(25)12-7-11(8-20-12)6-10-4-5-10/h9-17,19-20,22-24H,4-8H2,1-3H3,(H,21,25)/t11-,12+,13-,14+,15-,16-,17-,19-/m1/s1. The molecule has 2 heterocycles. The molecule has 1 aliphatic carbocycles. The van der Waals surface area contributed by atoms with Crippen molar-refractivity contribution in [2.75, 3.05) is 12.8 Å². The van der Waals surface area contributed by atoms with Crippen LogP contribution in [0.4, 0.5) is 0 Å². The smallest absolute Gasteiger partial charge is 0.237 e. The van der Waals surface area contributed by atoms with Crippen LogP contribution in [0.2, 0.25) is 0 Å². The summed E-state index contributed by atoms with van der Waals surface area (Å²) in [7, 11) is 0. The minimum absolute atomic E-state index is 0.00205. The minimum Gasteiger partial charge on any atom is -0.388 e. The molecule has 0 spiro atoms. The van der Waals surface area contributed by atoms with Gasteiger partial charge in [0.25, 0.3) is 0 Å². The molecule has 2 aliphatic heterocycles. The molecule has 156 valence electrons. The number of amides is 1. The summed E-state index contributed by atoms with van der Waals surface area (Å²) in [6.45, 7) is 4.78. The van der Waals surface area contributed by atoms with E-state index >= 15 is 0 Å². The van der Waals surface area contributed by atoms with Gasteiger partial charge in [-0.25, -0.2) is 0 Å². The number of carbonyl (C=O) groups is 1. The number of thioether (sulfide) groups is 1. The molecule has 27 heavy (non-hydrogen) atoms. The van der Waals surface area contributed by atoms with Crippen LogP contribution < -0.4 is 10.6 Å². The predicted octanol–water partition coefficient (Wildman–Crippen LogP) is 0.0760. The summed E-state index contributed by atoms with van der Waals surface area (Å²) in [4.78, 5) is 12.8. The van der Waals surface area contributed by atoms with Crippen molar-refractivity contribution in [1.29, 1.82) is 0 Å². The Labute approximate surface area is 165 Å². The monoisotopic (exact) mass is 402 g/mol. The number of ether oxygens (including phenoxy) is 1. The zero-order chi connectivity index (χ0) is 19.7. The van der Waals surface area contributed by atoms with Gasteiger partial charge in [0, 0.05) is 0 Å². The largest absolute Gasteiger partial charge is 0.388 e. The van der Waals surface area contributed by atoms with Gasteiger partial charge in [-0.1, -0.05) is 26.7 Å². The Balaban J connectivity index is 1.62. The molecule has 8 heteroatoms. The van der Waals surface area contributed by atoms with Crippen LogP contribution in [0.25, 0.3) is 0 Å². The van der Waals surface area contributed by atoms with Crippen molar-refractivity contribution in [3.8, 4) is 0 Å². The molecule has 3 rings (SSSR count). The van der Waals surface area contributed by atoms with Crippen molar-refractivity contribution in [3.05, 3.63) is 0 Å². The summed E-state index contributed by atoms with van der Waals surface area (Å²) in [6, 6.07) is -0.670.